The average Bonchev–Trinajstić information content (AvgIpc) is 3.14. The topological polar surface area (TPSA) is 109 Å². The zero-order valence-corrected chi connectivity index (χ0v) is 19.1. The smallest absolute Gasteiger partial charge is 0.324 e. The van der Waals surface area contributed by atoms with E-state index in [0.717, 1.165) is 45.8 Å². The molecule has 0 unspecified atom stereocenters. The normalized spacial score (nSPS) is 20.1. The molecule has 32 heavy (non-hydrogen) atoms. The van der Waals surface area contributed by atoms with Gasteiger partial charge in [0, 0.05) is 25.2 Å². The Morgan fingerprint density at radius 3 is 2.75 bits per heavy atom. The standard InChI is InChI=1S/C23H27N5O3S/c1-12-8-15(9-16-11-27(10-14-5-6-14)21(30)18(12)16)19-13(2)25-22(32-19)26-23(31)28-7-3-4-17(28)20(24)29/h8-9,14,17H,3-7,10-11H2,1-2H3,(H2,24,29)(H,25,26,31)/t17-/m0/s1. The third kappa shape index (κ3) is 3.74. The molecule has 1 aromatic heterocycles. The molecule has 1 saturated heterocycles. The SMILES string of the molecule is Cc1cc(-c2sc(NC(=O)N3CCC[C@H]3C(N)=O)nc2C)cc2c1C(=O)N(CC1CC1)C2. The number of fused-ring (bicyclic) bond motifs is 1. The summed E-state index contributed by atoms with van der Waals surface area (Å²) in [6.07, 6.45) is 3.79. The van der Waals surface area contributed by atoms with Crippen LogP contribution in [0.4, 0.5) is 9.93 Å². The van der Waals surface area contributed by atoms with Crippen molar-refractivity contribution in [2.75, 3.05) is 18.4 Å². The molecule has 2 aliphatic heterocycles. The molecule has 0 radical (unpaired) electrons. The number of aryl methyl sites for hydroxylation is 2. The average molecular weight is 454 g/mol. The molecule has 3 N–H and O–H groups in total. The van der Waals surface area contributed by atoms with Crippen molar-refractivity contribution in [1.29, 1.82) is 0 Å². The molecule has 3 aliphatic rings. The highest BCUT2D eigenvalue weighted by molar-refractivity contribution is 7.19. The summed E-state index contributed by atoms with van der Waals surface area (Å²) in [6.45, 7) is 5.91. The van der Waals surface area contributed by atoms with E-state index in [1.165, 1.54) is 29.1 Å². The fourth-order valence-electron chi connectivity index (χ4n) is 4.80. The molecule has 1 aliphatic carbocycles. The Morgan fingerprint density at radius 2 is 2.03 bits per heavy atom. The largest absolute Gasteiger partial charge is 0.368 e. The van der Waals surface area contributed by atoms with Gasteiger partial charge in [-0.25, -0.2) is 9.78 Å². The zero-order valence-electron chi connectivity index (χ0n) is 18.3. The van der Waals surface area contributed by atoms with Crippen molar-refractivity contribution in [2.24, 2.45) is 11.7 Å². The Labute approximate surface area is 190 Å². The van der Waals surface area contributed by atoms with Gasteiger partial charge < -0.3 is 15.5 Å². The van der Waals surface area contributed by atoms with Crippen molar-refractivity contribution in [1.82, 2.24) is 14.8 Å². The molecule has 2 aromatic rings. The first-order chi connectivity index (χ1) is 15.3. The van der Waals surface area contributed by atoms with E-state index in [2.05, 4.69) is 16.4 Å². The van der Waals surface area contributed by atoms with Gasteiger partial charge in [-0.05, 0) is 74.3 Å². The third-order valence-corrected chi connectivity index (χ3v) is 7.69. The number of thiazole rings is 1. The van der Waals surface area contributed by atoms with Gasteiger partial charge in [0.25, 0.3) is 5.91 Å². The maximum Gasteiger partial charge on any atom is 0.324 e. The summed E-state index contributed by atoms with van der Waals surface area (Å²) < 4.78 is 0. The quantitative estimate of drug-likeness (QED) is 0.724. The van der Waals surface area contributed by atoms with Crippen molar-refractivity contribution in [2.45, 2.75) is 52.1 Å². The summed E-state index contributed by atoms with van der Waals surface area (Å²) in [5, 5.41) is 3.32. The number of carbonyl (C=O) groups excluding carboxylic acids is 3. The number of hydrogen-bond acceptors (Lipinski definition) is 5. The maximum absolute atomic E-state index is 12.9. The van der Waals surface area contributed by atoms with Crippen LogP contribution in [0.5, 0.6) is 0 Å². The number of nitrogens with one attached hydrogen (secondary N) is 1. The number of aromatic nitrogens is 1. The lowest BCUT2D eigenvalue weighted by molar-refractivity contribution is -0.121. The van der Waals surface area contributed by atoms with Crippen molar-refractivity contribution in [3.8, 4) is 10.4 Å². The van der Waals surface area contributed by atoms with Crippen molar-refractivity contribution in [3.05, 3.63) is 34.5 Å². The van der Waals surface area contributed by atoms with Gasteiger partial charge in [-0.2, -0.15) is 0 Å². The first kappa shape index (κ1) is 20.9. The van der Waals surface area contributed by atoms with E-state index < -0.39 is 11.9 Å². The van der Waals surface area contributed by atoms with Crippen LogP contribution in [0, 0.1) is 19.8 Å². The summed E-state index contributed by atoms with van der Waals surface area (Å²) in [6, 6.07) is 3.21. The number of amides is 4. The number of likely N-dealkylation sites (tertiary alicyclic amines) is 1. The van der Waals surface area contributed by atoms with E-state index in [0.29, 0.717) is 30.6 Å². The molecule has 2 fully saturated rings. The predicted octanol–water partition coefficient (Wildman–Crippen LogP) is 3.27. The zero-order chi connectivity index (χ0) is 22.6. The summed E-state index contributed by atoms with van der Waals surface area (Å²) in [5.41, 5.74) is 10.1. The lowest BCUT2D eigenvalue weighted by Gasteiger charge is -2.21. The number of urea groups is 1. The van der Waals surface area contributed by atoms with Gasteiger partial charge in [-0.1, -0.05) is 11.3 Å². The van der Waals surface area contributed by atoms with E-state index in [9.17, 15) is 14.4 Å². The van der Waals surface area contributed by atoms with E-state index in [1.807, 2.05) is 24.8 Å². The Bertz CT molecular complexity index is 1120. The van der Waals surface area contributed by atoms with Crippen molar-refractivity contribution >= 4 is 34.3 Å². The van der Waals surface area contributed by atoms with Crippen molar-refractivity contribution in [3.63, 3.8) is 0 Å². The molecular weight excluding hydrogens is 426 g/mol. The fraction of sp³-hybridized carbons (Fsp3) is 0.478. The van der Waals surface area contributed by atoms with Crippen LogP contribution in [0.1, 0.15) is 52.9 Å². The lowest BCUT2D eigenvalue weighted by atomic mass is 9.99. The van der Waals surface area contributed by atoms with Crippen LogP contribution >= 0.6 is 11.3 Å². The van der Waals surface area contributed by atoms with Gasteiger partial charge >= 0.3 is 6.03 Å². The molecule has 168 valence electrons. The van der Waals surface area contributed by atoms with E-state index >= 15 is 0 Å². The first-order valence-electron chi connectivity index (χ1n) is 11.1. The highest BCUT2D eigenvalue weighted by Crippen LogP contribution is 2.38. The summed E-state index contributed by atoms with van der Waals surface area (Å²) in [7, 11) is 0. The Hall–Kier alpha value is -2.94. The number of nitrogens with zero attached hydrogens (tertiary/aromatic N) is 3. The highest BCUT2D eigenvalue weighted by Gasteiger charge is 2.35. The van der Waals surface area contributed by atoms with Crippen LogP contribution in [0.25, 0.3) is 10.4 Å². The minimum absolute atomic E-state index is 0.138. The lowest BCUT2D eigenvalue weighted by Crippen LogP contribution is -2.45. The summed E-state index contributed by atoms with van der Waals surface area (Å²) >= 11 is 1.40. The van der Waals surface area contributed by atoms with Crippen LogP contribution < -0.4 is 11.1 Å². The molecule has 4 amide bonds. The van der Waals surface area contributed by atoms with Crippen LogP contribution in [-0.4, -0.2) is 51.8 Å². The second-order valence-corrected chi connectivity index (χ2v) is 10.1. The number of hydrogen-bond donors (Lipinski definition) is 2. The van der Waals surface area contributed by atoms with Gasteiger partial charge in [0.2, 0.25) is 5.91 Å². The molecule has 9 heteroatoms. The van der Waals surface area contributed by atoms with Crippen LogP contribution in [-0.2, 0) is 11.3 Å². The molecular formula is C23H27N5O3S. The monoisotopic (exact) mass is 453 g/mol. The fourth-order valence-corrected chi connectivity index (χ4v) is 5.75. The number of nitrogens with two attached hydrogens (primary N) is 1. The Kier molecular flexibility index (Phi) is 5.16. The predicted molar refractivity (Wildman–Crippen MR) is 122 cm³/mol. The number of anilines is 1. The third-order valence-electron chi connectivity index (χ3n) is 6.57. The van der Waals surface area contributed by atoms with Crippen molar-refractivity contribution < 1.29 is 14.4 Å². The van der Waals surface area contributed by atoms with Gasteiger partial charge in [0.1, 0.15) is 6.04 Å². The molecule has 1 atom stereocenters. The maximum atomic E-state index is 12.9. The van der Waals surface area contributed by atoms with E-state index in [-0.39, 0.29) is 11.9 Å². The van der Waals surface area contributed by atoms with E-state index in [4.69, 9.17) is 5.73 Å². The van der Waals surface area contributed by atoms with Gasteiger partial charge in [-0.3, -0.25) is 14.9 Å². The second kappa shape index (κ2) is 7.88. The number of carbonyl (C=O) groups is 3. The van der Waals surface area contributed by atoms with Gasteiger partial charge in [0.15, 0.2) is 5.13 Å². The molecule has 1 aromatic carbocycles. The highest BCUT2D eigenvalue weighted by atomic mass is 32.1. The Balaban J connectivity index is 1.37. The molecule has 0 spiro atoms. The first-order valence-corrected chi connectivity index (χ1v) is 11.9. The number of rotatable bonds is 5. The molecule has 8 nitrogen and oxygen atoms in total. The second-order valence-electron chi connectivity index (χ2n) is 9.07. The molecule has 1 saturated carbocycles. The van der Waals surface area contributed by atoms with Gasteiger partial charge in [0.05, 0.1) is 10.6 Å². The molecule has 0 bridgehead atoms. The number of benzene rings is 1. The minimum Gasteiger partial charge on any atom is -0.368 e. The summed E-state index contributed by atoms with van der Waals surface area (Å²) in [4.78, 5) is 46.1. The minimum atomic E-state index is -0.564. The molecule has 5 rings (SSSR count). The van der Waals surface area contributed by atoms with E-state index in [1.54, 1.807) is 0 Å². The number of primary amides is 1. The summed E-state index contributed by atoms with van der Waals surface area (Å²) in [5.74, 6) is 0.319. The van der Waals surface area contributed by atoms with Crippen LogP contribution in [0.3, 0.4) is 0 Å². The molecule has 3 heterocycles. The van der Waals surface area contributed by atoms with Crippen LogP contribution in [0.2, 0.25) is 0 Å². The van der Waals surface area contributed by atoms with Crippen LogP contribution in [0.15, 0.2) is 12.1 Å². The Morgan fingerprint density at radius 1 is 1.25 bits per heavy atom. The van der Waals surface area contributed by atoms with Gasteiger partial charge in [-0.15, -0.1) is 0 Å².